The normalized spacial score (nSPS) is 25.4. The third kappa shape index (κ3) is 5.05. The largest absolute Gasteiger partial charge is 0.349 e. The number of quaternary nitrogens is 1. The Labute approximate surface area is 176 Å². The van der Waals surface area contributed by atoms with Gasteiger partial charge in [0.1, 0.15) is 5.82 Å². The quantitative estimate of drug-likeness (QED) is 0.681. The lowest BCUT2D eigenvalue weighted by Crippen LogP contribution is -3.22. The fraction of sp³-hybridized carbons (Fsp3) is 0.417. The highest BCUT2D eigenvalue weighted by Crippen LogP contribution is 2.22. The first-order valence-electron chi connectivity index (χ1n) is 10.8. The summed E-state index contributed by atoms with van der Waals surface area (Å²) in [4.78, 5) is 26.4. The fourth-order valence-electron chi connectivity index (χ4n) is 4.95. The second-order valence-corrected chi connectivity index (χ2v) is 8.49. The van der Waals surface area contributed by atoms with Gasteiger partial charge in [0.25, 0.3) is 11.8 Å². The molecular weight excluding hydrogens is 381 g/mol. The van der Waals surface area contributed by atoms with Crippen LogP contribution in [0.4, 0.5) is 4.39 Å². The molecule has 2 aliphatic heterocycles. The average molecular weight is 411 g/mol. The summed E-state index contributed by atoms with van der Waals surface area (Å²) in [7, 11) is 0. The summed E-state index contributed by atoms with van der Waals surface area (Å²) in [5.41, 5.74) is 1.58. The Bertz CT molecular complexity index is 858. The Morgan fingerprint density at radius 2 is 1.63 bits per heavy atom. The van der Waals surface area contributed by atoms with Crippen LogP contribution in [0.5, 0.6) is 0 Å². The van der Waals surface area contributed by atoms with Crippen molar-refractivity contribution in [2.75, 3.05) is 6.54 Å². The van der Waals surface area contributed by atoms with Crippen molar-refractivity contribution >= 4 is 11.8 Å². The lowest BCUT2D eigenvalue weighted by molar-refractivity contribution is -0.953. The maximum Gasteiger partial charge on any atom is 0.275 e. The number of piperidine rings is 2. The fourth-order valence-corrected chi connectivity index (χ4v) is 4.95. The van der Waals surface area contributed by atoms with Gasteiger partial charge in [0.2, 0.25) is 0 Å². The van der Waals surface area contributed by atoms with Crippen molar-refractivity contribution in [1.82, 2.24) is 10.6 Å². The highest BCUT2D eigenvalue weighted by Gasteiger charge is 2.43. The number of carbonyl (C=O) groups excluding carboxylic acids is 2. The minimum atomic E-state index is -0.274. The summed E-state index contributed by atoms with van der Waals surface area (Å²) < 4.78 is 13.0. The Balaban J connectivity index is 1.30. The van der Waals surface area contributed by atoms with Crippen LogP contribution in [-0.4, -0.2) is 36.5 Å². The molecule has 158 valence electrons. The van der Waals surface area contributed by atoms with Gasteiger partial charge < -0.3 is 15.5 Å². The minimum absolute atomic E-state index is 0.0147. The zero-order valence-electron chi connectivity index (χ0n) is 17.1. The molecule has 0 radical (unpaired) electrons. The second kappa shape index (κ2) is 9.39. The van der Waals surface area contributed by atoms with Crippen molar-refractivity contribution in [3.05, 3.63) is 71.5 Å². The number of halogens is 1. The molecule has 4 rings (SSSR count). The monoisotopic (exact) mass is 410 g/mol. The van der Waals surface area contributed by atoms with E-state index in [1.165, 1.54) is 23.5 Å². The summed E-state index contributed by atoms with van der Waals surface area (Å²) >= 11 is 0. The maximum atomic E-state index is 13.0. The summed E-state index contributed by atoms with van der Waals surface area (Å²) in [6.45, 7) is 0.868. The van der Waals surface area contributed by atoms with E-state index in [1.54, 1.807) is 12.1 Å². The van der Waals surface area contributed by atoms with Crippen molar-refractivity contribution in [1.29, 1.82) is 0 Å². The first-order valence-corrected chi connectivity index (χ1v) is 10.8. The van der Waals surface area contributed by atoms with Crippen molar-refractivity contribution in [2.45, 2.75) is 56.8 Å². The van der Waals surface area contributed by atoms with Gasteiger partial charge in [0.05, 0.1) is 12.1 Å². The Kier molecular flexibility index (Phi) is 6.43. The zero-order chi connectivity index (χ0) is 20.9. The zero-order valence-corrected chi connectivity index (χ0v) is 17.1. The van der Waals surface area contributed by atoms with E-state index in [0.29, 0.717) is 30.7 Å². The summed E-state index contributed by atoms with van der Waals surface area (Å²) in [6.07, 6.45) is 5.20. The maximum absolute atomic E-state index is 13.0. The number of benzene rings is 2. The lowest BCUT2D eigenvalue weighted by Gasteiger charge is -2.45. The molecule has 30 heavy (non-hydrogen) atoms. The van der Waals surface area contributed by atoms with Crippen molar-refractivity contribution in [3.8, 4) is 0 Å². The Morgan fingerprint density at radius 3 is 2.30 bits per heavy atom. The third-order valence-electron chi connectivity index (χ3n) is 6.43. The van der Waals surface area contributed by atoms with Crippen LogP contribution in [0.2, 0.25) is 0 Å². The molecule has 2 aromatic carbocycles. The third-order valence-corrected chi connectivity index (χ3v) is 6.43. The molecule has 0 spiro atoms. The lowest BCUT2D eigenvalue weighted by atomic mass is 9.81. The molecule has 2 bridgehead atoms. The molecule has 2 fully saturated rings. The van der Waals surface area contributed by atoms with E-state index < -0.39 is 0 Å². The number of hydrogen-bond donors (Lipinski definition) is 3. The minimum Gasteiger partial charge on any atom is -0.349 e. The van der Waals surface area contributed by atoms with E-state index in [9.17, 15) is 14.0 Å². The van der Waals surface area contributed by atoms with Gasteiger partial charge in [0, 0.05) is 31.0 Å². The van der Waals surface area contributed by atoms with E-state index in [-0.39, 0.29) is 23.7 Å². The molecule has 2 aromatic rings. The number of amides is 2. The van der Waals surface area contributed by atoms with Crippen LogP contribution in [0.15, 0.2) is 54.6 Å². The molecule has 0 aliphatic carbocycles. The van der Waals surface area contributed by atoms with Crippen LogP contribution in [0.1, 0.15) is 48.0 Å². The Hall–Kier alpha value is -2.73. The molecule has 2 saturated heterocycles. The highest BCUT2D eigenvalue weighted by molar-refractivity contribution is 5.94. The molecule has 2 aliphatic rings. The predicted molar refractivity (Wildman–Crippen MR) is 112 cm³/mol. The van der Waals surface area contributed by atoms with Crippen LogP contribution in [0.3, 0.4) is 0 Å². The van der Waals surface area contributed by atoms with Crippen LogP contribution in [0.25, 0.3) is 0 Å². The number of rotatable bonds is 6. The van der Waals surface area contributed by atoms with E-state index in [2.05, 4.69) is 10.6 Å². The van der Waals surface area contributed by atoms with Crippen LogP contribution in [-0.2, 0) is 11.3 Å². The van der Waals surface area contributed by atoms with Gasteiger partial charge in [-0.2, -0.15) is 0 Å². The van der Waals surface area contributed by atoms with Crippen LogP contribution < -0.4 is 15.5 Å². The van der Waals surface area contributed by atoms with E-state index in [1.807, 2.05) is 30.3 Å². The van der Waals surface area contributed by atoms with Gasteiger partial charge >= 0.3 is 0 Å². The molecule has 3 N–H and O–H groups in total. The van der Waals surface area contributed by atoms with Gasteiger partial charge in [-0.1, -0.05) is 30.3 Å². The highest BCUT2D eigenvalue weighted by atomic mass is 19.1. The molecule has 5 nitrogen and oxygen atoms in total. The van der Waals surface area contributed by atoms with E-state index >= 15 is 0 Å². The number of fused-ring (bicyclic) bond motifs is 2. The number of hydrogen-bond acceptors (Lipinski definition) is 2. The molecule has 2 heterocycles. The van der Waals surface area contributed by atoms with E-state index in [4.69, 9.17) is 0 Å². The molecule has 2 amide bonds. The SMILES string of the molecule is O=C(C[NH+]1[C@@H]2CCC[C@@H]1CC(NC(=O)c1ccccc1)C2)NCc1ccc(F)cc1. The molecule has 0 saturated carbocycles. The second-order valence-electron chi connectivity index (χ2n) is 8.49. The predicted octanol–water partition coefficient (Wildman–Crippen LogP) is 1.84. The first-order chi connectivity index (χ1) is 14.6. The molecular formula is C24H29FN3O2+. The summed E-state index contributed by atoms with van der Waals surface area (Å²) in [6, 6.07) is 16.5. The molecule has 0 unspecified atom stereocenters. The first kappa shape index (κ1) is 20.5. The average Bonchev–Trinajstić information content (AvgIpc) is 2.74. The standard InChI is InChI=1S/C24H28FN3O2/c25-19-11-9-17(10-12-19)15-26-23(29)16-28-21-7-4-8-22(28)14-20(13-21)27-24(30)18-5-2-1-3-6-18/h1-3,5-6,9-12,20-22H,4,7-8,13-16H2,(H,26,29)(H,27,30)/p+1/t21-,22-/m1/s1. The molecule has 6 heteroatoms. The smallest absolute Gasteiger partial charge is 0.275 e. The molecule has 2 atom stereocenters. The Morgan fingerprint density at radius 1 is 0.967 bits per heavy atom. The van der Waals surface area contributed by atoms with Crippen molar-refractivity contribution < 1.29 is 18.9 Å². The van der Waals surface area contributed by atoms with Gasteiger partial charge in [-0.05, 0) is 49.1 Å². The van der Waals surface area contributed by atoms with Crippen LogP contribution in [0, 0.1) is 5.82 Å². The summed E-state index contributed by atoms with van der Waals surface area (Å²) in [5.74, 6) is -0.262. The topological polar surface area (TPSA) is 62.6 Å². The number of nitrogens with one attached hydrogen (secondary N) is 3. The van der Waals surface area contributed by atoms with Crippen LogP contribution >= 0.6 is 0 Å². The van der Waals surface area contributed by atoms with E-state index in [0.717, 1.165) is 31.2 Å². The van der Waals surface area contributed by atoms with Gasteiger partial charge in [-0.25, -0.2) is 4.39 Å². The molecule has 0 aromatic heterocycles. The van der Waals surface area contributed by atoms with Gasteiger partial charge in [0.15, 0.2) is 6.54 Å². The van der Waals surface area contributed by atoms with Gasteiger partial charge in [-0.3, -0.25) is 9.59 Å². The summed E-state index contributed by atoms with van der Waals surface area (Å²) in [5, 5.41) is 6.17. The number of carbonyl (C=O) groups is 2. The van der Waals surface area contributed by atoms with Crippen molar-refractivity contribution in [2.24, 2.45) is 0 Å². The van der Waals surface area contributed by atoms with Gasteiger partial charge in [-0.15, -0.1) is 0 Å². The van der Waals surface area contributed by atoms with Crippen molar-refractivity contribution in [3.63, 3.8) is 0 Å².